The number of halogens is 1. The van der Waals surface area contributed by atoms with Gasteiger partial charge < -0.3 is 19.4 Å². The molecule has 0 spiro atoms. The third-order valence-electron chi connectivity index (χ3n) is 5.49. The van der Waals surface area contributed by atoms with Crippen molar-refractivity contribution in [2.75, 3.05) is 20.8 Å². The summed E-state index contributed by atoms with van der Waals surface area (Å²) < 4.78 is 26.2. The van der Waals surface area contributed by atoms with E-state index in [1.165, 1.54) is 34.2 Å². The number of rotatable bonds is 9. The Morgan fingerprint density at radius 2 is 1.61 bits per heavy atom. The second-order valence-corrected chi connectivity index (χ2v) is 7.54. The molecule has 0 aliphatic rings. The summed E-state index contributed by atoms with van der Waals surface area (Å²) in [6.45, 7) is 2.35. The van der Waals surface area contributed by atoms with Crippen molar-refractivity contribution >= 4 is 10.9 Å². The molecule has 1 aromatic heterocycles. The topological polar surface area (TPSA) is 35.4 Å². The van der Waals surface area contributed by atoms with Gasteiger partial charge in [-0.05, 0) is 60.0 Å². The van der Waals surface area contributed by atoms with Gasteiger partial charge in [0.05, 0.1) is 14.2 Å². The first-order valence-electron chi connectivity index (χ1n) is 10.4. The van der Waals surface area contributed by atoms with Crippen molar-refractivity contribution in [3.8, 4) is 11.5 Å². The molecule has 3 aromatic carbocycles. The number of aromatic nitrogens is 1. The number of nitrogens with zero attached hydrogens (tertiary/aromatic N) is 1. The van der Waals surface area contributed by atoms with Crippen molar-refractivity contribution in [1.82, 2.24) is 9.88 Å². The van der Waals surface area contributed by atoms with E-state index in [0.29, 0.717) is 6.54 Å². The molecule has 1 N–H and O–H groups in total. The number of hydrogen-bond acceptors (Lipinski definition) is 3. The van der Waals surface area contributed by atoms with Crippen molar-refractivity contribution in [2.24, 2.45) is 0 Å². The Morgan fingerprint density at radius 3 is 2.39 bits per heavy atom. The maximum atomic E-state index is 13.2. The van der Waals surface area contributed by atoms with Crippen molar-refractivity contribution < 1.29 is 13.9 Å². The number of nitrogens with one attached hydrogen (secondary N) is 1. The van der Waals surface area contributed by atoms with Crippen molar-refractivity contribution in [1.29, 1.82) is 0 Å². The van der Waals surface area contributed by atoms with Gasteiger partial charge in [-0.15, -0.1) is 0 Å². The minimum absolute atomic E-state index is 0.208. The smallest absolute Gasteiger partial charge is 0.160 e. The Kier molecular flexibility index (Phi) is 6.53. The third kappa shape index (κ3) is 4.89. The standard InChI is InChI=1S/C26H27FN2O2/c1-30-25-12-9-19(15-26(25)31-2)13-14-28-16-21-18-29(24-6-4-3-5-23(21)24)17-20-7-10-22(27)11-8-20/h3-12,15,18,28H,13-14,16-17H2,1-2H3. The number of benzene rings is 3. The number of fused-ring (bicyclic) bond motifs is 1. The fraction of sp³-hybridized carbons (Fsp3) is 0.231. The van der Waals surface area contributed by atoms with Crippen molar-refractivity contribution in [3.05, 3.63) is 95.4 Å². The number of para-hydroxylation sites is 1. The Labute approximate surface area is 182 Å². The van der Waals surface area contributed by atoms with Gasteiger partial charge in [0.1, 0.15) is 5.82 Å². The fourth-order valence-electron chi connectivity index (χ4n) is 3.87. The highest BCUT2D eigenvalue weighted by Crippen LogP contribution is 2.27. The van der Waals surface area contributed by atoms with Crippen LogP contribution in [0.2, 0.25) is 0 Å². The monoisotopic (exact) mass is 418 g/mol. The van der Waals surface area contributed by atoms with Crippen LogP contribution >= 0.6 is 0 Å². The summed E-state index contributed by atoms with van der Waals surface area (Å²) in [5.41, 5.74) is 4.72. The molecule has 0 unspecified atom stereocenters. The lowest BCUT2D eigenvalue weighted by Gasteiger charge is -2.10. The average Bonchev–Trinajstić information content (AvgIpc) is 3.15. The molecule has 0 bridgehead atoms. The van der Waals surface area contributed by atoms with Crippen LogP contribution in [0.1, 0.15) is 16.7 Å². The molecule has 0 amide bonds. The van der Waals surface area contributed by atoms with Crippen LogP contribution in [0.5, 0.6) is 11.5 Å². The van der Waals surface area contributed by atoms with E-state index < -0.39 is 0 Å². The maximum Gasteiger partial charge on any atom is 0.160 e. The van der Waals surface area contributed by atoms with E-state index in [2.05, 4.69) is 46.4 Å². The van der Waals surface area contributed by atoms with Crippen molar-refractivity contribution in [2.45, 2.75) is 19.5 Å². The van der Waals surface area contributed by atoms with E-state index in [1.54, 1.807) is 14.2 Å². The van der Waals surface area contributed by atoms with Gasteiger partial charge in [-0.25, -0.2) is 4.39 Å². The summed E-state index contributed by atoms with van der Waals surface area (Å²) in [7, 11) is 3.30. The first-order valence-corrected chi connectivity index (χ1v) is 10.4. The molecule has 0 saturated heterocycles. The predicted octanol–water partition coefficient (Wildman–Crippen LogP) is 5.18. The lowest BCUT2D eigenvalue weighted by molar-refractivity contribution is 0.354. The van der Waals surface area contributed by atoms with E-state index >= 15 is 0 Å². The van der Waals surface area contributed by atoms with E-state index in [4.69, 9.17) is 9.47 Å². The zero-order chi connectivity index (χ0) is 21.6. The number of hydrogen-bond donors (Lipinski definition) is 1. The predicted molar refractivity (Wildman–Crippen MR) is 122 cm³/mol. The Balaban J connectivity index is 1.42. The lowest BCUT2D eigenvalue weighted by Crippen LogP contribution is -2.16. The molecular weight excluding hydrogens is 391 g/mol. The summed E-state index contributed by atoms with van der Waals surface area (Å²) in [5.74, 6) is 1.29. The minimum Gasteiger partial charge on any atom is -0.493 e. The molecule has 5 heteroatoms. The molecule has 160 valence electrons. The van der Waals surface area contributed by atoms with Crippen LogP contribution in [0.3, 0.4) is 0 Å². The van der Waals surface area contributed by atoms with Gasteiger partial charge in [-0.1, -0.05) is 36.4 Å². The van der Waals surface area contributed by atoms with Crippen LogP contribution in [-0.2, 0) is 19.5 Å². The van der Waals surface area contributed by atoms with Gasteiger partial charge >= 0.3 is 0 Å². The van der Waals surface area contributed by atoms with E-state index in [-0.39, 0.29) is 5.82 Å². The van der Waals surface area contributed by atoms with Crippen LogP contribution in [-0.4, -0.2) is 25.3 Å². The highest BCUT2D eigenvalue weighted by molar-refractivity contribution is 5.84. The Hall–Kier alpha value is -3.31. The first-order chi connectivity index (χ1) is 15.2. The average molecular weight is 419 g/mol. The molecule has 0 aliphatic heterocycles. The minimum atomic E-state index is -0.208. The summed E-state index contributed by atoms with van der Waals surface area (Å²) in [6.07, 6.45) is 3.09. The largest absolute Gasteiger partial charge is 0.493 e. The molecule has 0 fully saturated rings. The van der Waals surface area contributed by atoms with E-state index in [1.807, 2.05) is 24.3 Å². The SMILES string of the molecule is COc1ccc(CCNCc2cn(Cc3ccc(F)cc3)c3ccccc23)cc1OC. The van der Waals surface area contributed by atoms with Gasteiger partial charge in [-0.3, -0.25) is 0 Å². The third-order valence-corrected chi connectivity index (χ3v) is 5.49. The molecule has 31 heavy (non-hydrogen) atoms. The second-order valence-electron chi connectivity index (χ2n) is 7.54. The fourth-order valence-corrected chi connectivity index (χ4v) is 3.87. The normalized spacial score (nSPS) is 11.1. The highest BCUT2D eigenvalue weighted by Gasteiger charge is 2.09. The zero-order valence-corrected chi connectivity index (χ0v) is 17.9. The van der Waals surface area contributed by atoms with Crippen LogP contribution in [0.25, 0.3) is 10.9 Å². The maximum absolute atomic E-state index is 13.2. The lowest BCUT2D eigenvalue weighted by atomic mass is 10.1. The highest BCUT2D eigenvalue weighted by atomic mass is 19.1. The van der Waals surface area contributed by atoms with Crippen LogP contribution in [0, 0.1) is 5.82 Å². The van der Waals surface area contributed by atoms with E-state index in [9.17, 15) is 4.39 Å². The first kappa shape index (κ1) is 20.9. The Morgan fingerprint density at radius 1 is 0.871 bits per heavy atom. The number of ether oxygens (including phenoxy) is 2. The van der Waals surface area contributed by atoms with Gasteiger partial charge in [0.25, 0.3) is 0 Å². The molecule has 4 rings (SSSR count). The molecule has 0 aliphatic carbocycles. The summed E-state index contributed by atoms with van der Waals surface area (Å²) >= 11 is 0. The molecule has 4 nitrogen and oxygen atoms in total. The molecule has 1 heterocycles. The molecular formula is C26H27FN2O2. The molecule has 0 saturated carbocycles. The molecule has 0 atom stereocenters. The molecule has 4 aromatic rings. The quantitative estimate of drug-likeness (QED) is 0.381. The van der Waals surface area contributed by atoms with Gasteiger partial charge in [0, 0.05) is 30.2 Å². The zero-order valence-electron chi connectivity index (χ0n) is 17.9. The Bertz CT molecular complexity index is 1150. The van der Waals surface area contributed by atoms with Gasteiger partial charge in [-0.2, -0.15) is 0 Å². The number of methoxy groups -OCH3 is 2. The second kappa shape index (κ2) is 9.67. The summed E-state index contributed by atoms with van der Waals surface area (Å²) in [4.78, 5) is 0. The van der Waals surface area contributed by atoms with Gasteiger partial charge in [0.2, 0.25) is 0 Å². The van der Waals surface area contributed by atoms with Crippen LogP contribution < -0.4 is 14.8 Å². The summed E-state index contributed by atoms with van der Waals surface area (Å²) in [5, 5.41) is 4.80. The van der Waals surface area contributed by atoms with Crippen LogP contribution in [0.4, 0.5) is 4.39 Å². The van der Waals surface area contributed by atoms with E-state index in [0.717, 1.165) is 36.6 Å². The molecule has 0 radical (unpaired) electrons. The summed E-state index contributed by atoms with van der Waals surface area (Å²) in [6, 6.07) is 21.1. The van der Waals surface area contributed by atoms with Crippen LogP contribution in [0.15, 0.2) is 72.9 Å². The van der Waals surface area contributed by atoms with Crippen molar-refractivity contribution in [3.63, 3.8) is 0 Å². The van der Waals surface area contributed by atoms with Gasteiger partial charge in [0.15, 0.2) is 11.5 Å².